The number of hydrogen-bond donors (Lipinski definition) is 1. The summed E-state index contributed by atoms with van der Waals surface area (Å²) in [5.74, 6) is -3.67. The molecule has 184 valence electrons. The first kappa shape index (κ1) is 28.3. The average molecular weight is 465 g/mol. The number of allylic oxidation sites excluding steroid dienone is 2. The molecule has 1 aromatic carbocycles. The molecule has 1 aromatic rings. The number of hydrogen-bond acceptors (Lipinski definition) is 8. The first-order valence-corrected chi connectivity index (χ1v) is 11.5. The van der Waals surface area contributed by atoms with E-state index in [2.05, 4.69) is 24.3 Å². The van der Waals surface area contributed by atoms with Gasteiger partial charge in [-0.25, -0.2) is 14.4 Å². The van der Waals surface area contributed by atoms with E-state index >= 15 is 0 Å². The molecule has 1 rings (SSSR count). The molecule has 0 aromatic heterocycles. The molecule has 1 atom stereocenters. The zero-order valence-electron chi connectivity index (χ0n) is 19.8. The van der Waals surface area contributed by atoms with Crippen LogP contribution in [0.4, 0.5) is 0 Å². The lowest BCUT2D eigenvalue weighted by Crippen LogP contribution is -2.61. The van der Waals surface area contributed by atoms with E-state index in [9.17, 15) is 19.5 Å². The van der Waals surface area contributed by atoms with Crippen LogP contribution in [0, 0.1) is 0 Å². The van der Waals surface area contributed by atoms with E-state index in [1.807, 2.05) is 18.2 Å². The van der Waals surface area contributed by atoms with Crippen LogP contribution >= 0.6 is 0 Å². The molecular weight excluding hydrogens is 428 g/mol. The van der Waals surface area contributed by atoms with Crippen LogP contribution in [0.5, 0.6) is 0 Å². The molecule has 0 aliphatic heterocycles. The number of ether oxygens (including phenoxy) is 4. The van der Waals surface area contributed by atoms with Crippen molar-refractivity contribution in [1.82, 2.24) is 0 Å². The normalized spacial score (nSPS) is 12.4. The standard InChI is InChI=1S/C25H36O8/c1-4-30-22(26)21(25(29,23(27)31-5-2)24(28)32-6-3)33-19-15-10-8-7-9-12-16-20-17-13-11-14-18-20/h9,11-14,17-18,21,29H,4-8,10,15-16,19H2,1-3H3. The van der Waals surface area contributed by atoms with Crippen LogP contribution in [0.3, 0.4) is 0 Å². The molecule has 0 heterocycles. The second kappa shape index (κ2) is 16.0. The van der Waals surface area contributed by atoms with Gasteiger partial charge in [0, 0.05) is 6.61 Å². The molecule has 0 aliphatic rings. The maximum absolute atomic E-state index is 12.4. The van der Waals surface area contributed by atoms with Gasteiger partial charge in [-0.2, -0.15) is 0 Å². The molecule has 8 heteroatoms. The Bertz CT molecular complexity index is 726. The number of unbranched alkanes of at least 4 members (excludes halogenated alkanes) is 3. The monoisotopic (exact) mass is 464 g/mol. The summed E-state index contributed by atoms with van der Waals surface area (Å²) in [5.41, 5.74) is -1.69. The van der Waals surface area contributed by atoms with Crippen molar-refractivity contribution < 1.29 is 38.4 Å². The lowest BCUT2D eigenvalue weighted by molar-refractivity contribution is -0.208. The summed E-state index contributed by atoms with van der Waals surface area (Å²) in [6.45, 7) is 4.40. The number of esters is 3. The Morgan fingerprint density at radius 3 is 2.06 bits per heavy atom. The molecule has 0 bridgehead atoms. The Kier molecular flexibility index (Phi) is 13.7. The molecule has 0 aliphatic carbocycles. The number of carbonyl (C=O) groups excluding carboxylic acids is 3. The fraction of sp³-hybridized carbons (Fsp3) is 0.560. The minimum absolute atomic E-state index is 0.0181. The lowest BCUT2D eigenvalue weighted by Gasteiger charge is -2.30. The topological polar surface area (TPSA) is 108 Å². The van der Waals surface area contributed by atoms with E-state index in [0.29, 0.717) is 6.42 Å². The van der Waals surface area contributed by atoms with E-state index < -0.39 is 29.6 Å². The second-order valence-corrected chi connectivity index (χ2v) is 7.22. The molecule has 0 amide bonds. The van der Waals surface area contributed by atoms with Gasteiger partial charge in [-0.3, -0.25) is 0 Å². The maximum atomic E-state index is 12.4. The van der Waals surface area contributed by atoms with Gasteiger partial charge in [-0.15, -0.1) is 0 Å². The first-order valence-electron chi connectivity index (χ1n) is 11.5. The van der Waals surface area contributed by atoms with Gasteiger partial charge < -0.3 is 24.1 Å². The summed E-state index contributed by atoms with van der Waals surface area (Å²) in [4.78, 5) is 37.2. The maximum Gasteiger partial charge on any atom is 0.353 e. The van der Waals surface area contributed by atoms with Crippen molar-refractivity contribution in [2.75, 3.05) is 26.4 Å². The Morgan fingerprint density at radius 2 is 1.48 bits per heavy atom. The highest BCUT2D eigenvalue weighted by Gasteiger charge is 2.58. The quantitative estimate of drug-likeness (QED) is 0.131. The summed E-state index contributed by atoms with van der Waals surface area (Å²) < 4.78 is 20.0. The number of benzene rings is 1. The molecule has 8 nitrogen and oxygen atoms in total. The predicted molar refractivity (Wildman–Crippen MR) is 122 cm³/mol. The first-order chi connectivity index (χ1) is 15.9. The number of rotatable bonds is 16. The second-order valence-electron chi connectivity index (χ2n) is 7.22. The molecule has 1 N–H and O–H groups in total. The van der Waals surface area contributed by atoms with Crippen molar-refractivity contribution >= 4 is 17.9 Å². The van der Waals surface area contributed by atoms with E-state index in [-0.39, 0.29) is 26.4 Å². The van der Waals surface area contributed by atoms with Crippen LogP contribution in [-0.2, 0) is 39.8 Å². The van der Waals surface area contributed by atoms with Crippen LogP contribution in [-0.4, -0.2) is 61.1 Å². The highest BCUT2D eigenvalue weighted by atomic mass is 16.6. The van der Waals surface area contributed by atoms with Gasteiger partial charge >= 0.3 is 17.9 Å². The SMILES string of the molecule is CCOC(=O)C(OCCCCCC=CCc1ccccc1)C(O)(C(=O)OCC)C(=O)OCC. The largest absolute Gasteiger partial charge is 0.464 e. The van der Waals surface area contributed by atoms with E-state index in [1.165, 1.54) is 19.4 Å². The van der Waals surface area contributed by atoms with Crippen molar-refractivity contribution in [2.24, 2.45) is 0 Å². The highest BCUT2D eigenvalue weighted by molar-refractivity contribution is 6.08. The van der Waals surface area contributed by atoms with Crippen LogP contribution in [0.15, 0.2) is 42.5 Å². The van der Waals surface area contributed by atoms with Gasteiger partial charge in [0.05, 0.1) is 19.8 Å². The Balaban J connectivity index is 2.62. The third-order valence-corrected chi connectivity index (χ3v) is 4.72. The fourth-order valence-electron chi connectivity index (χ4n) is 3.05. The van der Waals surface area contributed by atoms with Gasteiger partial charge in [-0.1, -0.05) is 48.9 Å². The number of carbonyl (C=O) groups is 3. The zero-order chi connectivity index (χ0) is 24.5. The molecule has 0 saturated carbocycles. The van der Waals surface area contributed by atoms with Gasteiger partial charge in [0.1, 0.15) is 0 Å². The summed E-state index contributed by atoms with van der Waals surface area (Å²) >= 11 is 0. The molecule has 0 radical (unpaired) electrons. The number of aliphatic hydroxyl groups is 1. The molecule has 0 fully saturated rings. The molecule has 1 unspecified atom stereocenters. The molecule has 0 saturated heterocycles. The summed E-state index contributed by atoms with van der Waals surface area (Å²) in [5, 5.41) is 10.9. The highest BCUT2D eigenvalue weighted by Crippen LogP contribution is 2.21. The van der Waals surface area contributed by atoms with Gasteiger partial charge in [0.2, 0.25) is 6.10 Å². The zero-order valence-corrected chi connectivity index (χ0v) is 19.8. The summed E-state index contributed by atoms with van der Waals surface area (Å²) in [6.07, 6.45) is 6.39. The van der Waals surface area contributed by atoms with Crippen LogP contribution in [0.1, 0.15) is 52.0 Å². The molecule has 0 spiro atoms. The Hall–Kier alpha value is -2.71. The summed E-state index contributed by atoms with van der Waals surface area (Å²) in [7, 11) is 0. The third-order valence-electron chi connectivity index (χ3n) is 4.72. The summed E-state index contributed by atoms with van der Waals surface area (Å²) in [6, 6.07) is 10.2. The van der Waals surface area contributed by atoms with E-state index in [4.69, 9.17) is 18.9 Å². The lowest BCUT2D eigenvalue weighted by atomic mass is 9.96. The van der Waals surface area contributed by atoms with Gasteiger partial charge in [-0.05, 0) is 52.0 Å². The van der Waals surface area contributed by atoms with Crippen LogP contribution in [0.25, 0.3) is 0 Å². The van der Waals surface area contributed by atoms with Crippen molar-refractivity contribution in [2.45, 2.75) is 64.6 Å². The predicted octanol–water partition coefficient (Wildman–Crippen LogP) is 3.15. The Morgan fingerprint density at radius 1 is 0.879 bits per heavy atom. The molecular formula is C25H36O8. The van der Waals surface area contributed by atoms with E-state index in [1.54, 1.807) is 6.92 Å². The average Bonchev–Trinajstić information content (AvgIpc) is 2.81. The minimum atomic E-state index is -2.95. The van der Waals surface area contributed by atoms with Gasteiger partial charge in [0.15, 0.2) is 0 Å². The van der Waals surface area contributed by atoms with Crippen molar-refractivity contribution in [3.8, 4) is 0 Å². The van der Waals surface area contributed by atoms with Crippen molar-refractivity contribution in [3.05, 3.63) is 48.0 Å². The third kappa shape index (κ3) is 9.35. The van der Waals surface area contributed by atoms with Crippen LogP contribution < -0.4 is 0 Å². The minimum Gasteiger partial charge on any atom is -0.464 e. The van der Waals surface area contributed by atoms with E-state index in [0.717, 1.165) is 25.7 Å². The van der Waals surface area contributed by atoms with Crippen LogP contribution in [0.2, 0.25) is 0 Å². The smallest absolute Gasteiger partial charge is 0.353 e. The van der Waals surface area contributed by atoms with Crippen molar-refractivity contribution in [1.29, 1.82) is 0 Å². The van der Waals surface area contributed by atoms with Gasteiger partial charge in [0.25, 0.3) is 5.60 Å². The van der Waals surface area contributed by atoms with Crippen molar-refractivity contribution in [3.63, 3.8) is 0 Å². The Labute approximate surface area is 195 Å². The fourth-order valence-corrected chi connectivity index (χ4v) is 3.05. The molecule has 33 heavy (non-hydrogen) atoms.